The van der Waals surface area contributed by atoms with Gasteiger partial charge < -0.3 is 23.8 Å². The molecule has 2 amide bonds. The Bertz CT molecular complexity index is 1070. The Hall–Kier alpha value is -3.01. The first-order valence-corrected chi connectivity index (χ1v) is 11.6. The lowest BCUT2D eigenvalue weighted by Crippen LogP contribution is -2.51. The number of para-hydroxylation sites is 1. The highest BCUT2D eigenvalue weighted by molar-refractivity contribution is 5.89. The molecule has 3 aliphatic rings. The lowest BCUT2D eigenvalue weighted by molar-refractivity contribution is -0.151. The molecule has 0 atom stereocenters. The number of hydrogen-bond acceptors (Lipinski definition) is 7. The monoisotopic (exact) mass is 467 g/mol. The molecular weight excluding hydrogens is 438 g/mol. The van der Waals surface area contributed by atoms with E-state index in [1.165, 1.54) is 0 Å². The van der Waals surface area contributed by atoms with Crippen LogP contribution in [-0.4, -0.2) is 61.4 Å². The van der Waals surface area contributed by atoms with Crippen molar-refractivity contribution in [2.75, 3.05) is 38.9 Å². The zero-order valence-corrected chi connectivity index (χ0v) is 19.5. The molecule has 180 valence electrons. The number of rotatable bonds is 6. The number of aryl methyl sites for hydroxylation is 1. The molecule has 1 aromatic heterocycles. The second kappa shape index (κ2) is 9.32. The van der Waals surface area contributed by atoms with E-state index < -0.39 is 12.4 Å². The van der Waals surface area contributed by atoms with E-state index in [1.807, 2.05) is 29.2 Å². The fraction of sp³-hybridized carbons (Fsp3) is 0.480. The maximum absolute atomic E-state index is 13.0. The normalized spacial score (nSPS) is 18.9. The Labute approximate surface area is 198 Å². The fourth-order valence-corrected chi connectivity index (χ4v) is 4.76. The van der Waals surface area contributed by atoms with Gasteiger partial charge in [-0.3, -0.25) is 9.69 Å². The average molecular weight is 468 g/mol. The van der Waals surface area contributed by atoms with Crippen LogP contribution in [0.1, 0.15) is 42.4 Å². The summed E-state index contributed by atoms with van der Waals surface area (Å²) in [5, 5.41) is 0. The minimum absolute atomic E-state index is 0.0214. The highest BCUT2D eigenvalue weighted by Crippen LogP contribution is 2.45. The Kier molecular flexibility index (Phi) is 6.24. The lowest BCUT2D eigenvalue weighted by Gasteiger charge is -2.37. The molecule has 34 heavy (non-hydrogen) atoms. The van der Waals surface area contributed by atoms with Crippen molar-refractivity contribution in [3.05, 3.63) is 53.2 Å². The van der Waals surface area contributed by atoms with Crippen molar-refractivity contribution in [1.82, 2.24) is 9.88 Å². The minimum atomic E-state index is -0.736. The van der Waals surface area contributed by atoms with E-state index in [0.717, 1.165) is 36.8 Å². The van der Waals surface area contributed by atoms with Crippen molar-refractivity contribution >= 4 is 17.8 Å². The van der Waals surface area contributed by atoms with Gasteiger partial charge >= 0.3 is 6.09 Å². The quantitative estimate of drug-likeness (QED) is 0.603. The van der Waals surface area contributed by atoms with Gasteiger partial charge in [-0.05, 0) is 55.0 Å². The van der Waals surface area contributed by atoms with Crippen molar-refractivity contribution in [3.63, 3.8) is 0 Å². The van der Waals surface area contributed by atoms with Crippen LogP contribution in [0.3, 0.4) is 0 Å². The number of aromatic nitrogens is 1. The van der Waals surface area contributed by atoms with Gasteiger partial charge in [-0.25, -0.2) is 9.78 Å². The second-order valence-corrected chi connectivity index (χ2v) is 8.95. The lowest BCUT2D eigenvalue weighted by atomic mass is 10.0. The first-order valence-electron chi connectivity index (χ1n) is 11.6. The van der Waals surface area contributed by atoms with Gasteiger partial charge in [-0.15, -0.1) is 0 Å². The molecular formula is C25H29N3O6. The summed E-state index contributed by atoms with van der Waals surface area (Å²) in [7, 11) is 3.09. The van der Waals surface area contributed by atoms with Gasteiger partial charge in [0.1, 0.15) is 23.9 Å². The molecule has 9 nitrogen and oxygen atoms in total. The summed E-state index contributed by atoms with van der Waals surface area (Å²) in [6, 6.07) is 11.0. The number of hydrogen-bond donors (Lipinski definition) is 0. The van der Waals surface area contributed by atoms with Gasteiger partial charge in [0, 0.05) is 27.3 Å². The maximum Gasteiger partial charge on any atom is 0.420 e. The number of nitrogens with zero attached hydrogens (tertiary/aromatic N) is 3. The third-order valence-corrected chi connectivity index (χ3v) is 6.72. The molecule has 3 heterocycles. The van der Waals surface area contributed by atoms with Gasteiger partial charge in [0.25, 0.3) is 0 Å². The number of carbonyl (C=O) groups excluding carboxylic acids is 2. The first kappa shape index (κ1) is 22.8. The third kappa shape index (κ3) is 4.26. The number of amides is 2. The molecule has 1 saturated carbocycles. The second-order valence-electron chi connectivity index (χ2n) is 8.95. The molecule has 1 saturated heterocycles. The van der Waals surface area contributed by atoms with Crippen molar-refractivity contribution < 1.29 is 28.5 Å². The van der Waals surface area contributed by atoms with Crippen LogP contribution >= 0.6 is 0 Å². The maximum atomic E-state index is 13.0. The summed E-state index contributed by atoms with van der Waals surface area (Å²) >= 11 is 0. The highest BCUT2D eigenvalue weighted by Gasteiger charge is 2.52. The van der Waals surface area contributed by atoms with E-state index in [-0.39, 0.29) is 18.1 Å². The molecule has 2 aromatic rings. The number of fused-ring (bicyclic) bond motifs is 1. The first-order chi connectivity index (χ1) is 16.5. The summed E-state index contributed by atoms with van der Waals surface area (Å²) in [5.74, 6) is 0.995. The number of pyridine rings is 1. The number of ether oxygens (including phenoxy) is 4. The van der Waals surface area contributed by atoms with Gasteiger partial charge in [0.05, 0.1) is 12.1 Å². The summed E-state index contributed by atoms with van der Waals surface area (Å²) in [4.78, 5) is 34.1. The molecule has 0 radical (unpaired) electrons. The Morgan fingerprint density at radius 2 is 1.97 bits per heavy atom. The molecule has 0 bridgehead atoms. The van der Waals surface area contributed by atoms with E-state index in [4.69, 9.17) is 23.9 Å². The van der Waals surface area contributed by atoms with E-state index >= 15 is 0 Å². The Morgan fingerprint density at radius 1 is 1.21 bits per heavy atom. The topological polar surface area (TPSA) is 90.4 Å². The van der Waals surface area contributed by atoms with Crippen molar-refractivity contribution in [2.24, 2.45) is 0 Å². The van der Waals surface area contributed by atoms with Crippen molar-refractivity contribution in [2.45, 2.75) is 44.1 Å². The number of methoxy groups -OCH3 is 2. The van der Waals surface area contributed by atoms with E-state index in [1.54, 1.807) is 31.3 Å². The SMILES string of the molecule is COC(OC)c1nc2c(cc1CN1C(=O)COCC13CC3)CCCN2C(=O)Oc1ccccc1. The Balaban J connectivity index is 1.49. The number of carbonyl (C=O) groups is 2. The molecule has 2 aliphatic heterocycles. The minimum Gasteiger partial charge on any atom is -0.410 e. The highest BCUT2D eigenvalue weighted by atomic mass is 16.7. The standard InChI is InChI=1S/C25H29N3O6/c1-31-23(32-2)21-18(14-28-20(29)15-33-16-25(28)10-11-25)13-17-7-6-12-27(22(17)26-21)24(30)34-19-8-4-3-5-9-19/h3-5,8-9,13,23H,6-7,10-12,14-16H2,1-2H3. The van der Waals surface area contributed by atoms with E-state index in [2.05, 4.69) is 0 Å². The van der Waals surface area contributed by atoms with Crippen LogP contribution in [0.5, 0.6) is 5.75 Å². The summed E-state index contributed by atoms with van der Waals surface area (Å²) in [5.41, 5.74) is 2.13. The van der Waals surface area contributed by atoms with Crippen molar-refractivity contribution in [3.8, 4) is 5.75 Å². The fourth-order valence-electron chi connectivity index (χ4n) is 4.76. The molecule has 2 fully saturated rings. The summed E-state index contributed by atoms with van der Waals surface area (Å²) in [6.45, 7) is 1.55. The zero-order valence-electron chi connectivity index (χ0n) is 19.5. The number of anilines is 1. The zero-order chi connectivity index (χ0) is 23.7. The predicted octanol–water partition coefficient (Wildman–Crippen LogP) is 3.22. The Morgan fingerprint density at radius 3 is 2.68 bits per heavy atom. The molecule has 0 unspecified atom stereocenters. The van der Waals surface area contributed by atoms with Crippen LogP contribution < -0.4 is 9.64 Å². The summed E-state index contributed by atoms with van der Waals surface area (Å²) in [6.07, 6.45) is 2.21. The molecule has 1 aromatic carbocycles. The number of morpholine rings is 1. The third-order valence-electron chi connectivity index (χ3n) is 6.72. The molecule has 1 aliphatic carbocycles. The van der Waals surface area contributed by atoms with E-state index in [0.29, 0.717) is 37.0 Å². The number of benzene rings is 1. The van der Waals surface area contributed by atoms with Crippen LogP contribution in [0.4, 0.5) is 10.6 Å². The van der Waals surface area contributed by atoms with Gasteiger partial charge in [-0.2, -0.15) is 0 Å². The molecule has 9 heteroatoms. The van der Waals surface area contributed by atoms with Crippen LogP contribution in [0, 0.1) is 0 Å². The average Bonchev–Trinajstić information content (AvgIpc) is 3.62. The smallest absolute Gasteiger partial charge is 0.410 e. The van der Waals surface area contributed by atoms with Crippen LogP contribution in [0.25, 0.3) is 0 Å². The molecule has 0 N–H and O–H groups in total. The van der Waals surface area contributed by atoms with Crippen molar-refractivity contribution in [1.29, 1.82) is 0 Å². The largest absolute Gasteiger partial charge is 0.420 e. The summed E-state index contributed by atoms with van der Waals surface area (Å²) < 4.78 is 22.2. The van der Waals surface area contributed by atoms with Crippen LogP contribution in [0.2, 0.25) is 0 Å². The van der Waals surface area contributed by atoms with Gasteiger partial charge in [-0.1, -0.05) is 18.2 Å². The van der Waals surface area contributed by atoms with Crippen LogP contribution in [0.15, 0.2) is 36.4 Å². The van der Waals surface area contributed by atoms with Crippen LogP contribution in [-0.2, 0) is 32.0 Å². The van der Waals surface area contributed by atoms with Gasteiger partial charge in [0.15, 0.2) is 0 Å². The molecule has 5 rings (SSSR count). The predicted molar refractivity (Wildman–Crippen MR) is 122 cm³/mol. The molecule has 1 spiro atoms. The van der Waals surface area contributed by atoms with Gasteiger partial charge in [0.2, 0.25) is 12.2 Å². The van der Waals surface area contributed by atoms with E-state index in [9.17, 15) is 9.59 Å².